The van der Waals surface area contributed by atoms with Crippen LogP contribution in [0, 0.1) is 12.7 Å². The molecule has 0 fully saturated rings. The van der Waals surface area contributed by atoms with Crippen LogP contribution in [0.4, 0.5) is 15.9 Å². The number of hydrogen-bond donors (Lipinski definition) is 2. The third-order valence-electron chi connectivity index (χ3n) is 2.55. The van der Waals surface area contributed by atoms with Gasteiger partial charge in [-0.3, -0.25) is 4.79 Å². The molecule has 1 aromatic carbocycles. The minimum Gasteiger partial charge on any atom is -0.396 e. The SMILES string of the molecule is Cc1cc(NC(=O)c2ccc(F)c(N)c2)ncc1Br. The number of nitrogens with one attached hydrogen (secondary N) is 1. The Kier molecular flexibility index (Phi) is 3.80. The van der Waals surface area contributed by atoms with E-state index in [2.05, 4.69) is 26.2 Å². The number of aryl methyl sites for hydroxylation is 1. The van der Waals surface area contributed by atoms with Crippen LogP contribution in [-0.4, -0.2) is 10.9 Å². The van der Waals surface area contributed by atoms with Crippen LogP contribution in [0.2, 0.25) is 0 Å². The van der Waals surface area contributed by atoms with Crippen molar-refractivity contribution in [1.29, 1.82) is 0 Å². The molecule has 0 unspecified atom stereocenters. The molecule has 0 aliphatic heterocycles. The van der Waals surface area contributed by atoms with Gasteiger partial charge in [0.2, 0.25) is 0 Å². The van der Waals surface area contributed by atoms with Crippen LogP contribution in [0.3, 0.4) is 0 Å². The molecule has 0 bridgehead atoms. The van der Waals surface area contributed by atoms with Gasteiger partial charge < -0.3 is 11.1 Å². The Morgan fingerprint density at radius 1 is 1.42 bits per heavy atom. The number of amides is 1. The molecule has 0 spiro atoms. The van der Waals surface area contributed by atoms with Crippen molar-refractivity contribution in [2.45, 2.75) is 6.92 Å². The topological polar surface area (TPSA) is 68.0 Å². The van der Waals surface area contributed by atoms with Crippen molar-refractivity contribution < 1.29 is 9.18 Å². The number of carbonyl (C=O) groups is 1. The fraction of sp³-hybridized carbons (Fsp3) is 0.0769. The maximum atomic E-state index is 13.0. The van der Waals surface area contributed by atoms with E-state index in [9.17, 15) is 9.18 Å². The number of nitrogens with zero attached hydrogens (tertiary/aromatic N) is 1. The van der Waals surface area contributed by atoms with Crippen molar-refractivity contribution >= 4 is 33.3 Å². The largest absolute Gasteiger partial charge is 0.396 e. The average molecular weight is 324 g/mol. The Balaban J connectivity index is 2.20. The Morgan fingerprint density at radius 3 is 2.79 bits per heavy atom. The van der Waals surface area contributed by atoms with Gasteiger partial charge in [-0.1, -0.05) is 0 Å². The van der Waals surface area contributed by atoms with Crippen LogP contribution in [0.25, 0.3) is 0 Å². The first kappa shape index (κ1) is 13.5. The highest BCUT2D eigenvalue weighted by Gasteiger charge is 2.09. The van der Waals surface area contributed by atoms with Crippen molar-refractivity contribution in [2.75, 3.05) is 11.1 Å². The second kappa shape index (κ2) is 5.36. The van der Waals surface area contributed by atoms with E-state index in [4.69, 9.17) is 5.73 Å². The van der Waals surface area contributed by atoms with E-state index < -0.39 is 5.82 Å². The number of nitrogens with two attached hydrogens (primary N) is 1. The predicted molar refractivity (Wildman–Crippen MR) is 75.4 cm³/mol. The first-order chi connectivity index (χ1) is 8.97. The van der Waals surface area contributed by atoms with Crippen LogP contribution in [0.1, 0.15) is 15.9 Å². The van der Waals surface area contributed by atoms with Gasteiger partial charge in [0.25, 0.3) is 5.91 Å². The van der Waals surface area contributed by atoms with Gasteiger partial charge in [0.1, 0.15) is 11.6 Å². The van der Waals surface area contributed by atoms with E-state index in [1.807, 2.05) is 6.92 Å². The van der Waals surface area contributed by atoms with Gasteiger partial charge in [-0.25, -0.2) is 9.37 Å². The van der Waals surface area contributed by atoms with Gasteiger partial charge in [0.05, 0.1) is 5.69 Å². The molecule has 0 radical (unpaired) electrons. The van der Waals surface area contributed by atoms with Gasteiger partial charge in [-0.2, -0.15) is 0 Å². The number of nitrogen functional groups attached to an aromatic ring is 1. The lowest BCUT2D eigenvalue weighted by molar-refractivity contribution is 0.102. The van der Waals surface area contributed by atoms with E-state index in [1.165, 1.54) is 12.1 Å². The number of halogens is 2. The molecule has 4 nitrogen and oxygen atoms in total. The Morgan fingerprint density at radius 2 is 2.16 bits per heavy atom. The molecule has 3 N–H and O–H groups in total. The molecule has 0 saturated carbocycles. The molecule has 19 heavy (non-hydrogen) atoms. The van der Waals surface area contributed by atoms with Crippen molar-refractivity contribution in [3.8, 4) is 0 Å². The zero-order valence-electron chi connectivity index (χ0n) is 10.1. The average Bonchev–Trinajstić information content (AvgIpc) is 2.37. The number of pyridine rings is 1. The summed E-state index contributed by atoms with van der Waals surface area (Å²) < 4.78 is 13.9. The van der Waals surface area contributed by atoms with Crippen LogP contribution >= 0.6 is 15.9 Å². The summed E-state index contributed by atoms with van der Waals surface area (Å²) in [4.78, 5) is 16.0. The van der Waals surface area contributed by atoms with Gasteiger partial charge >= 0.3 is 0 Å². The monoisotopic (exact) mass is 323 g/mol. The summed E-state index contributed by atoms with van der Waals surface area (Å²) in [5.41, 5.74) is 6.58. The highest BCUT2D eigenvalue weighted by Crippen LogP contribution is 2.18. The third kappa shape index (κ3) is 3.08. The second-order valence-electron chi connectivity index (χ2n) is 4.01. The second-order valence-corrected chi connectivity index (χ2v) is 4.86. The molecule has 1 amide bonds. The quantitative estimate of drug-likeness (QED) is 0.834. The number of hydrogen-bond acceptors (Lipinski definition) is 3. The van der Waals surface area contributed by atoms with Crippen LogP contribution in [-0.2, 0) is 0 Å². The minimum atomic E-state index is -0.547. The summed E-state index contributed by atoms with van der Waals surface area (Å²) in [6.07, 6.45) is 1.60. The molecule has 1 aromatic heterocycles. The van der Waals surface area contributed by atoms with Gasteiger partial charge in [-0.15, -0.1) is 0 Å². The predicted octanol–water partition coefficient (Wildman–Crippen LogP) is 3.13. The molecule has 2 aromatic rings. The van der Waals surface area contributed by atoms with E-state index in [-0.39, 0.29) is 17.2 Å². The molecule has 0 aliphatic carbocycles. The zero-order chi connectivity index (χ0) is 14.0. The summed E-state index contributed by atoms with van der Waals surface area (Å²) in [5.74, 6) is -0.510. The highest BCUT2D eigenvalue weighted by molar-refractivity contribution is 9.10. The van der Waals surface area contributed by atoms with E-state index >= 15 is 0 Å². The molecular formula is C13H11BrFN3O. The van der Waals surface area contributed by atoms with Crippen molar-refractivity contribution in [2.24, 2.45) is 0 Å². The normalized spacial score (nSPS) is 10.3. The Bertz CT molecular complexity index is 646. The fourth-order valence-corrected chi connectivity index (χ4v) is 1.70. The van der Waals surface area contributed by atoms with E-state index in [1.54, 1.807) is 12.3 Å². The first-order valence-corrected chi connectivity index (χ1v) is 6.25. The van der Waals surface area contributed by atoms with Crippen molar-refractivity contribution in [3.63, 3.8) is 0 Å². The van der Waals surface area contributed by atoms with Crippen molar-refractivity contribution in [1.82, 2.24) is 4.98 Å². The molecule has 98 valence electrons. The standard InChI is InChI=1S/C13H11BrFN3O/c1-7-4-12(17-6-9(7)14)18-13(19)8-2-3-10(15)11(16)5-8/h2-6H,16H2,1H3,(H,17,18,19). The van der Waals surface area contributed by atoms with Gasteiger partial charge in [0.15, 0.2) is 0 Å². The molecular weight excluding hydrogens is 313 g/mol. The molecule has 6 heteroatoms. The molecule has 0 atom stereocenters. The Labute approximate surface area is 118 Å². The molecule has 0 aliphatic rings. The lowest BCUT2D eigenvalue weighted by atomic mass is 10.2. The fourth-order valence-electron chi connectivity index (χ4n) is 1.48. The van der Waals surface area contributed by atoms with E-state index in [0.29, 0.717) is 5.82 Å². The molecule has 0 saturated heterocycles. The lowest BCUT2D eigenvalue weighted by Crippen LogP contribution is -2.13. The number of anilines is 2. The van der Waals surface area contributed by atoms with Crippen LogP contribution < -0.4 is 11.1 Å². The van der Waals surface area contributed by atoms with Gasteiger partial charge in [0, 0.05) is 16.2 Å². The van der Waals surface area contributed by atoms with Crippen LogP contribution in [0.5, 0.6) is 0 Å². The zero-order valence-corrected chi connectivity index (χ0v) is 11.7. The third-order valence-corrected chi connectivity index (χ3v) is 3.38. The van der Waals surface area contributed by atoms with Crippen molar-refractivity contribution in [3.05, 3.63) is 51.9 Å². The lowest BCUT2D eigenvalue weighted by Gasteiger charge is -2.07. The highest BCUT2D eigenvalue weighted by atomic mass is 79.9. The minimum absolute atomic E-state index is 0.0624. The van der Waals surface area contributed by atoms with E-state index in [0.717, 1.165) is 16.1 Å². The molecule has 2 rings (SSSR count). The molecule has 1 heterocycles. The Hall–Kier alpha value is -1.95. The summed E-state index contributed by atoms with van der Waals surface area (Å²) in [5, 5.41) is 2.62. The summed E-state index contributed by atoms with van der Waals surface area (Å²) in [6.45, 7) is 1.89. The summed E-state index contributed by atoms with van der Waals surface area (Å²) in [6, 6.07) is 5.54. The smallest absolute Gasteiger partial charge is 0.256 e. The van der Waals surface area contributed by atoms with Crippen LogP contribution in [0.15, 0.2) is 34.9 Å². The number of rotatable bonds is 2. The number of aromatic nitrogens is 1. The summed E-state index contributed by atoms with van der Waals surface area (Å²) >= 11 is 3.32. The maximum absolute atomic E-state index is 13.0. The maximum Gasteiger partial charge on any atom is 0.256 e. The summed E-state index contributed by atoms with van der Waals surface area (Å²) in [7, 11) is 0. The first-order valence-electron chi connectivity index (χ1n) is 5.46. The van der Waals surface area contributed by atoms with Gasteiger partial charge in [-0.05, 0) is 52.7 Å². The number of benzene rings is 1. The number of carbonyl (C=O) groups excluding carboxylic acids is 1.